The number of rotatable bonds is 5. The fraction of sp³-hybridized carbons (Fsp3) is 0.900. The average molecular weight is 299 g/mol. The Hall–Kier alpha value is -0.530. The summed E-state index contributed by atoms with van der Waals surface area (Å²) in [6, 6.07) is 0. The SMILES string of the molecule is CC(C)OC(=O)NS(=O)(=O)NC1(CCl)CCCC1. The number of carbonyl (C=O) groups excluding carboxylic acids is 1. The zero-order chi connectivity index (χ0) is 13.8. The van der Waals surface area contributed by atoms with Gasteiger partial charge in [-0.25, -0.2) is 9.52 Å². The fourth-order valence-electron chi connectivity index (χ4n) is 1.97. The van der Waals surface area contributed by atoms with Gasteiger partial charge in [0, 0.05) is 11.4 Å². The van der Waals surface area contributed by atoms with Crippen LogP contribution in [0.3, 0.4) is 0 Å². The first-order chi connectivity index (χ1) is 8.29. The van der Waals surface area contributed by atoms with Gasteiger partial charge in [0.2, 0.25) is 0 Å². The van der Waals surface area contributed by atoms with Crippen molar-refractivity contribution < 1.29 is 17.9 Å². The average Bonchev–Trinajstić information content (AvgIpc) is 2.63. The quantitative estimate of drug-likeness (QED) is 0.754. The molecule has 6 nitrogen and oxygen atoms in total. The lowest BCUT2D eigenvalue weighted by Crippen LogP contribution is -2.53. The summed E-state index contributed by atoms with van der Waals surface area (Å²) in [4.78, 5) is 11.3. The second kappa shape index (κ2) is 6.08. The number of alkyl halides is 1. The van der Waals surface area contributed by atoms with E-state index in [9.17, 15) is 13.2 Å². The van der Waals surface area contributed by atoms with Crippen LogP contribution < -0.4 is 9.44 Å². The van der Waals surface area contributed by atoms with Crippen LogP contribution in [0.2, 0.25) is 0 Å². The third-order valence-electron chi connectivity index (χ3n) is 2.73. The molecule has 0 radical (unpaired) electrons. The van der Waals surface area contributed by atoms with Gasteiger partial charge < -0.3 is 4.74 Å². The van der Waals surface area contributed by atoms with Gasteiger partial charge in [0.1, 0.15) is 0 Å². The second-order valence-corrected chi connectivity index (χ2v) is 6.47. The van der Waals surface area contributed by atoms with Crippen molar-refractivity contribution in [1.29, 1.82) is 0 Å². The minimum atomic E-state index is -3.94. The number of halogens is 1. The van der Waals surface area contributed by atoms with Gasteiger partial charge in [-0.1, -0.05) is 12.8 Å². The van der Waals surface area contributed by atoms with Gasteiger partial charge in [0.15, 0.2) is 0 Å². The van der Waals surface area contributed by atoms with Crippen LogP contribution in [0.15, 0.2) is 0 Å². The van der Waals surface area contributed by atoms with E-state index in [4.69, 9.17) is 16.3 Å². The molecule has 0 heterocycles. The van der Waals surface area contributed by atoms with Gasteiger partial charge in [0.25, 0.3) is 0 Å². The molecular formula is C10H19ClN2O4S. The molecule has 1 amide bonds. The Morgan fingerprint density at radius 1 is 1.39 bits per heavy atom. The number of carbonyl (C=O) groups is 1. The smallest absolute Gasteiger partial charge is 0.422 e. The minimum Gasteiger partial charge on any atom is -0.446 e. The Kier molecular flexibility index (Phi) is 5.24. The van der Waals surface area contributed by atoms with Crippen LogP contribution in [0, 0.1) is 0 Å². The first-order valence-electron chi connectivity index (χ1n) is 5.87. The molecule has 0 aliphatic heterocycles. The Labute approximate surface area is 113 Å². The lowest BCUT2D eigenvalue weighted by Gasteiger charge is -2.27. The molecule has 0 bridgehead atoms. The van der Waals surface area contributed by atoms with Crippen molar-refractivity contribution in [2.45, 2.75) is 51.2 Å². The van der Waals surface area contributed by atoms with Crippen LogP contribution in [0.5, 0.6) is 0 Å². The first-order valence-corrected chi connectivity index (χ1v) is 7.89. The lowest BCUT2D eigenvalue weighted by molar-refractivity contribution is 0.121. The molecule has 1 rings (SSSR count). The van der Waals surface area contributed by atoms with Gasteiger partial charge in [-0.05, 0) is 26.7 Å². The summed E-state index contributed by atoms with van der Waals surface area (Å²) >= 11 is 5.82. The summed E-state index contributed by atoms with van der Waals surface area (Å²) in [7, 11) is -3.94. The molecule has 0 spiro atoms. The molecule has 1 aliphatic carbocycles. The molecule has 0 aromatic heterocycles. The summed E-state index contributed by atoms with van der Waals surface area (Å²) in [6.45, 7) is 3.27. The van der Waals surface area contributed by atoms with Crippen LogP contribution in [-0.4, -0.2) is 32.0 Å². The summed E-state index contributed by atoms with van der Waals surface area (Å²) in [5.74, 6) is 0.188. The number of ether oxygens (including phenoxy) is 1. The van der Waals surface area contributed by atoms with E-state index in [2.05, 4.69) is 4.72 Å². The highest BCUT2D eigenvalue weighted by Gasteiger charge is 2.37. The highest BCUT2D eigenvalue weighted by atomic mass is 35.5. The van der Waals surface area contributed by atoms with Gasteiger partial charge >= 0.3 is 16.3 Å². The highest BCUT2D eigenvalue weighted by Crippen LogP contribution is 2.31. The Bertz CT molecular complexity index is 391. The molecule has 1 fully saturated rings. The molecular weight excluding hydrogens is 280 g/mol. The maximum atomic E-state index is 11.8. The maximum absolute atomic E-state index is 11.8. The number of nitrogens with one attached hydrogen (secondary N) is 2. The van der Waals surface area contributed by atoms with E-state index in [1.54, 1.807) is 13.8 Å². The van der Waals surface area contributed by atoms with Crippen molar-refractivity contribution in [2.24, 2.45) is 0 Å². The normalized spacial score (nSPS) is 18.9. The maximum Gasteiger partial charge on any atom is 0.422 e. The van der Waals surface area contributed by atoms with Gasteiger partial charge in [-0.15, -0.1) is 11.6 Å². The van der Waals surface area contributed by atoms with Crippen LogP contribution in [-0.2, 0) is 14.9 Å². The third-order valence-corrected chi connectivity index (χ3v) is 4.38. The number of hydrogen-bond acceptors (Lipinski definition) is 4. The second-order valence-electron chi connectivity index (χ2n) is 4.78. The molecule has 0 atom stereocenters. The van der Waals surface area contributed by atoms with E-state index in [0.29, 0.717) is 12.8 Å². The minimum absolute atomic E-state index is 0.188. The summed E-state index contributed by atoms with van der Waals surface area (Å²) in [5.41, 5.74) is -0.647. The molecule has 1 aliphatic rings. The molecule has 8 heteroatoms. The lowest BCUT2D eigenvalue weighted by atomic mass is 10.0. The summed E-state index contributed by atoms with van der Waals surface area (Å²) in [5, 5.41) is 0. The van der Waals surface area contributed by atoms with Crippen molar-refractivity contribution in [3.63, 3.8) is 0 Å². The third kappa shape index (κ3) is 4.62. The summed E-state index contributed by atoms with van der Waals surface area (Å²) in [6.07, 6.45) is 1.83. The van der Waals surface area contributed by atoms with E-state index >= 15 is 0 Å². The van der Waals surface area contributed by atoms with E-state index in [1.807, 2.05) is 4.72 Å². The van der Waals surface area contributed by atoms with Crippen LogP contribution >= 0.6 is 11.6 Å². The molecule has 0 saturated heterocycles. The topological polar surface area (TPSA) is 84.5 Å². The van der Waals surface area contributed by atoms with Gasteiger partial charge in [-0.3, -0.25) is 0 Å². The van der Waals surface area contributed by atoms with E-state index < -0.39 is 21.8 Å². The molecule has 0 unspecified atom stereocenters. The molecule has 106 valence electrons. The van der Waals surface area contributed by atoms with Gasteiger partial charge in [0.05, 0.1) is 6.10 Å². The molecule has 18 heavy (non-hydrogen) atoms. The van der Waals surface area contributed by atoms with Crippen molar-refractivity contribution in [1.82, 2.24) is 9.44 Å². The van der Waals surface area contributed by atoms with Crippen molar-refractivity contribution in [2.75, 3.05) is 5.88 Å². The zero-order valence-corrected chi connectivity index (χ0v) is 12.1. The molecule has 2 N–H and O–H groups in total. The van der Waals surface area contributed by atoms with Crippen LogP contribution in [0.1, 0.15) is 39.5 Å². The number of amides is 1. The van der Waals surface area contributed by atoms with E-state index in [1.165, 1.54) is 0 Å². The Morgan fingerprint density at radius 3 is 2.39 bits per heavy atom. The number of hydrogen-bond donors (Lipinski definition) is 2. The van der Waals surface area contributed by atoms with Crippen LogP contribution in [0.25, 0.3) is 0 Å². The predicted molar refractivity (Wildman–Crippen MR) is 68.7 cm³/mol. The van der Waals surface area contributed by atoms with E-state index in [0.717, 1.165) is 12.8 Å². The zero-order valence-electron chi connectivity index (χ0n) is 10.5. The molecule has 0 aromatic carbocycles. The Balaban J connectivity index is 2.61. The fourth-order valence-corrected chi connectivity index (χ4v) is 3.55. The molecule has 0 aromatic rings. The predicted octanol–water partition coefficient (Wildman–Crippen LogP) is 1.51. The van der Waals surface area contributed by atoms with Crippen LogP contribution in [0.4, 0.5) is 4.79 Å². The van der Waals surface area contributed by atoms with Crippen molar-refractivity contribution in [3.8, 4) is 0 Å². The first kappa shape index (κ1) is 15.5. The Morgan fingerprint density at radius 2 is 1.94 bits per heavy atom. The largest absolute Gasteiger partial charge is 0.446 e. The monoisotopic (exact) mass is 298 g/mol. The standard InChI is InChI=1S/C10H19ClN2O4S/c1-8(2)17-9(14)12-18(15,16)13-10(7-11)5-3-4-6-10/h8,13H,3-7H2,1-2H3,(H,12,14). The van der Waals surface area contributed by atoms with Crippen molar-refractivity contribution >= 4 is 27.9 Å². The molecule has 1 saturated carbocycles. The highest BCUT2D eigenvalue weighted by molar-refractivity contribution is 7.88. The van der Waals surface area contributed by atoms with Crippen molar-refractivity contribution in [3.05, 3.63) is 0 Å². The van der Waals surface area contributed by atoms with E-state index in [-0.39, 0.29) is 12.0 Å². The summed E-state index contributed by atoms with van der Waals surface area (Å²) < 4.78 is 32.5. The van der Waals surface area contributed by atoms with Gasteiger partial charge in [-0.2, -0.15) is 13.1 Å².